The molecule has 0 radical (unpaired) electrons. The average Bonchev–Trinajstić information content (AvgIpc) is 2.93. The first kappa shape index (κ1) is 23.7. The summed E-state index contributed by atoms with van der Waals surface area (Å²) in [5, 5.41) is 28.9. The minimum atomic E-state index is -0.881. The molecular weight excluding hydrogens is 488 g/mol. The lowest BCUT2D eigenvalue weighted by molar-refractivity contribution is -0.122. The Bertz CT molecular complexity index is 1330. The first-order valence-electron chi connectivity index (χ1n) is 12.6. The number of aromatic hydroxyl groups is 2. The average molecular weight is 519 g/mol. The van der Waals surface area contributed by atoms with Crippen molar-refractivity contribution >= 4 is 17.3 Å². The fourth-order valence-electron chi connectivity index (χ4n) is 6.57. The Morgan fingerprint density at radius 2 is 1.49 bits per heavy atom. The van der Waals surface area contributed by atoms with Gasteiger partial charge in [-0.25, -0.2) is 0 Å². The Morgan fingerprint density at radius 1 is 0.865 bits per heavy atom. The molecule has 4 N–H and O–H groups in total. The lowest BCUT2D eigenvalue weighted by Crippen LogP contribution is -2.73. The number of methoxy groups -OCH3 is 2. The second kappa shape index (κ2) is 9.03. The number of rotatable bonds is 4. The highest BCUT2D eigenvalue weighted by atomic mass is 32.1. The molecule has 2 fully saturated rings. The van der Waals surface area contributed by atoms with Gasteiger partial charge in [0.15, 0.2) is 22.3 Å². The third-order valence-electron chi connectivity index (χ3n) is 8.23. The van der Waals surface area contributed by atoms with Crippen molar-refractivity contribution in [2.45, 2.75) is 36.9 Å². The Labute approximate surface area is 221 Å². The fraction of sp³-hybridized carbons (Fsp3) is 0.345. The zero-order valence-electron chi connectivity index (χ0n) is 20.7. The Hall–Kier alpha value is -3.65. The van der Waals surface area contributed by atoms with Crippen molar-refractivity contribution in [2.75, 3.05) is 14.2 Å². The number of hydrogen-bond donors (Lipinski definition) is 4. The highest BCUT2D eigenvalue weighted by Gasteiger charge is 2.61. The third-order valence-corrected chi connectivity index (χ3v) is 8.45. The Kier molecular flexibility index (Phi) is 5.79. The van der Waals surface area contributed by atoms with Crippen LogP contribution in [0.5, 0.6) is 28.7 Å². The minimum Gasteiger partial charge on any atom is -0.504 e. The van der Waals surface area contributed by atoms with Crippen LogP contribution in [-0.4, -0.2) is 35.3 Å². The van der Waals surface area contributed by atoms with Crippen LogP contribution in [0.4, 0.5) is 0 Å². The number of ether oxygens (including phenoxy) is 3. The molecule has 3 aromatic carbocycles. The van der Waals surface area contributed by atoms with Crippen LogP contribution in [0, 0.1) is 11.8 Å². The molecule has 6 rings (SSSR count). The van der Waals surface area contributed by atoms with Gasteiger partial charge in [-0.3, -0.25) is 0 Å². The second-order valence-corrected chi connectivity index (χ2v) is 10.4. The lowest BCUT2D eigenvalue weighted by Gasteiger charge is -2.59. The van der Waals surface area contributed by atoms with E-state index >= 15 is 0 Å². The zero-order chi connectivity index (χ0) is 25.7. The standard InChI is InChI=1S/C29H30N2O5S/c1-34-18-10-6-16(7-11-18)24-20-14-15-23(32)26(33)27(20)36-29-21(24)4-3-5-22(29)25(30-28(37)31-29)17-8-12-19(35-2)13-9-17/h6-15,21-22,24-25,32-33H,3-5H2,1-2H3,(H2,30,31,37). The lowest BCUT2D eigenvalue weighted by atomic mass is 9.60. The first-order valence-corrected chi connectivity index (χ1v) is 13.0. The predicted molar refractivity (Wildman–Crippen MR) is 143 cm³/mol. The zero-order valence-corrected chi connectivity index (χ0v) is 21.5. The molecule has 1 saturated heterocycles. The normalized spacial score (nSPS) is 27.9. The monoisotopic (exact) mass is 518 g/mol. The summed E-state index contributed by atoms with van der Waals surface area (Å²) >= 11 is 5.75. The summed E-state index contributed by atoms with van der Waals surface area (Å²) in [6.07, 6.45) is 2.84. The molecule has 8 heteroatoms. The van der Waals surface area contributed by atoms with Crippen LogP contribution in [0.25, 0.3) is 0 Å². The van der Waals surface area contributed by atoms with Gasteiger partial charge in [0.25, 0.3) is 0 Å². The van der Waals surface area contributed by atoms with Gasteiger partial charge in [0.05, 0.1) is 20.3 Å². The number of nitrogens with one attached hydrogen (secondary N) is 2. The van der Waals surface area contributed by atoms with Crippen molar-refractivity contribution in [3.8, 4) is 28.7 Å². The van der Waals surface area contributed by atoms with Gasteiger partial charge < -0.3 is 35.1 Å². The van der Waals surface area contributed by atoms with E-state index in [2.05, 4.69) is 34.9 Å². The summed E-state index contributed by atoms with van der Waals surface area (Å²) in [4.78, 5) is 0. The summed E-state index contributed by atoms with van der Waals surface area (Å²) < 4.78 is 17.6. The molecule has 7 nitrogen and oxygen atoms in total. The molecule has 0 amide bonds. The van der Waals surface area contributed by atoms with Gasteiger partial charge in [-0.1, -0.05) is 36.8 Å². The molecule has 0 bridgehead atoms. The highest BCUT2D eigenvalue weighted by Crippen LogP contribution is 2.60. The van der Waals surface area contributed by atoms with Gasteiger partial charge in [0.1, 0.15) is 11.5 Å². The van der Waals surface area contributed by atoms with Gasteiger partial charge in [-0.15, -0.1) is 0 Å². The smallest absolute Gasteiger partial charge is 0.200 e. The van der Waals surface area contributed by atoms with Crippen LogP contribution in [0.15, 0.2) is 60.7 Å². The number of fused-ring (bicyclic) bond motifs is 1. The Balaban J connectivity index is 1.52. The maximum atomic E-state index is 11.0. The van der Waals surface area contributed by atoms with Crippen LogP contribution in [0.3, 0.4) is 0 Å². The number of benzene rings is 3. The van der Waals surface area contributed by atoms with Gasteiger partial charge >= 0.3 is 0 Å². The van der Waals surface area contributed by atoms with E-state index in [0.717, 1.165) is 47.5 Å². The third kappa shape index (κ3) is 3.73. The van der Waals surface area contributed by atoms with Crippen molar-refractivity contribution in [1.82, 2.24) is 10.6 Å². The van der Waals surface area contributed by atoms with Crippen molar-refractivity contribution in [2.24, 2.45) is 11.8 Å². The summed E-state index contributed by atoms with van der Waals surface area (Å²) in [6.45, 7) is 0. The number of thiocarbonyl (C=S) groups is 1. The molecular formula is C29H30N2O5S. The molecule has 5 atom stereocenters. The predicted octanol–water partition coefficient (Wildman–Crippen LogP) is 4.97. The molecule has 192 valence electrons. The first-order chi connectivity index (χ1) is 17.9. The summed E-state index contributed by atoms with van der Waals surface area (Å²) in [5.41, 5.74) is 2.15. The number of phenols is 2. The van der Waals surface area contributed by atoms with Crippen LogP contribution in [-0.2, 0) is 0 Å². The SMILES string of the molecule is COc1ccc(C2NC(=S)NC34Oc5c(ccc(O)c5O)C(c5ccc(OC)cc5)C3CCCC24)cc1. The summed E-state index contributed by atoms with van der Waals surface area (Å²) in [7, 11) is 3.31. The van der Waals surface area contributed by atoms with E-state index in [4.69, 9.17) is 26.4 Å². The highest BCUT2D eigenvalue weighted by molar-refractivity contribution is 7.80. The summed E-state index contributed by atoms with van der Waals surface area (Å²) in [6, 6.07) is 19.4. The largest absolute Gasteiger partial charge is 0.504 e. The fourth-order valence-corrected chi connectivity index (χ4v) is 6.86. The quantitative estimate of drug-likeness (QED) is 0.284. The second-order valence-electron chi connectivity index (χ2n) is 9.99. The minimum absolute atomic E-state index is 0.00184. The van der Waals surface area contributed by atoms with E-state index in [0.29, 0.717) is 10.9 Å². The summed E-state index contributed by atoms with van der Waals surface area (Å²) in [5.74, 6) is 1.35. The molecule has 2 aliphatic heterocycles. The van der Waals surface area contributed by atoms with E-state index in [1.807, 2.05) is 30.3 Å². The van der Waals surface area contributed by atoms with Crippen LogP contribution < -0.4 is 24.8 Å². The van der Waals surface area contributed by atoms with Gasteiger partial charge in [-0.2, -0.15) is 0 Å². The van der Waals surface area contributed by atoms with E-state index in [-0.39, 0.29) is 35.3 Å². The van der Waals surface area contributed by atoms with Gasteiger partial charge in [0, 0.05) is 23.3 Å². The number of hydrogen-bond acceptors (Lipinski definition) is 6. The molecule has 0 aromatic heterocycles. The van der Waals surface area contributed by atoms with Crippen LogP contribution in [0.1, 0.15) is 47.9 Å². The topological polar surface area (TPSA) is 92.2 Å². The molecule has 37 heavy (non-hydrogen) atoms. The maximum absolute atomic E-state index is 11.0. The molecule has 1 saturated carbocycles. The van der Waals surface area contributed by atoms with Crippen molar-refractivity contribution in [3.05, 3.63) is 77.4 Å². The van der Waals surface area contributed by atoms with Gasteiger partial charge in [-0.05, 0) is 66.5 Å². The van der Waals surface area contributed by atoms with Crippen molar-refractivity contribution in [1.29, 1.82) is 0 Å². The molecule has 5 unspecified atom stereocenters. The van der Waals surface area contributed by atoms with E-state index in [1.54, 1.807) is 14.2 Å². The van der Waals surface area contributed by atoms with Crippen molar-refractivity contribution < 1.29 is 24.4 Å². The number of phenolic OH excluding ortho intramolecular Hbond substituents is 2. The molecule has 3 aromatic rings. The van der Waals surface area contributed by atoms with Gasteiger partial charge in [0.2, 0.25) is 5.75 Å². The maximum Gasteiger partial charge on any atom is 0.200 e. The Morgan fingerprint density at radius 3 is 2.14 bits per heavy atom. The molecule has 1 aliphatic carbocycles. The van der Waals surface area contributed by atoms with E-state index in [9.17, 15) is 10.2 Å². The van der Waals surface area contributed by atoms with Crippen LogP contribution >= 0.6 is 12.2 Å². The molecule has 3 aliphatic rings. The molecule has 2 heterocycles. The van der Waals surface area contributed by atoms with E-state index in [1.165, 1.54) is 6.07 Å². The van der Waals surface area contributed by atoms with Crippen molar-refractivity contribution in [3.63, 3.8) is 0 Å². The van der Waals surface area contributed by atoms with Crippen LogP contribution in [0.2, 0.25) is 0 Å². The molecule has 1 spiro atoms. The van der Waals surface area contributed by atoms with E-state index < -0.39 is 5.72 Å².